The van der Waals surface area contributed by atoms with Crippen LogP contribution in [0.5, 0.6) is 0 Å². The van der Waals surface area contributed by atoms with Crippen molar-refractivity contribution in [3.05, 3.63) is 39.9 Å². The fourth-order valence-corrected chi connectivity index (χ4v) is 1.20. The Morgan fingerprint density at radius 2 is 2.06 bits per heavy atom. The first-order chi connectivity index (χ1) is 7.99. The lowest BCUT2D eigenvalue weighted by molar-refractivity contribution is -0.759. The summed E-state index contributed by atoms with van der Waals surface area (Å²) in [6.07, 6.45) is -0.691. The van der Waals surface area contributed by atoms with Gasteiger partial charge in [0.25, 0.3) is 5.09 Å². The van der Waals surface area contributed by atoms with Crippen molar-refractivity contribution in [3.8, 4) is 0 Å². The van der Waals surface area contributed by atoms with Gasteiger partial charge in [-0.25, -0.2) is 4.79 Å². The van der Waals surface area contributed by atoms with Crippen molar-refractivity contribution >= 4 is 18.6 Å². The molecule has 1 unspecified atom stereocenters. The first-order valence-corrected chi connectivity index (χ1v) is 5.21. The molecule has 92 valence electrons. The molecular formula is C10H11NO5S. The quantitative estimate of drug-likeness (QED) is 0.376. The number of benzene rings is 1. The highest BCUT2D eigenvalue weighted by atomic mass is 32.1. The predicted molar refractivity (Wildman–Crippen MR) is 61.5 cm³/mol. The van der Waals surface area contributed by atoms with Crippen LogP contribution in [-0.2, 0) is 9.57 Å². The van der Waals surface area contributed by atoms with Gasteiger partial charge in [-0.05, 0) is 31.2 Å². The van der Waals surface area contributed by atoms with Crippen LogP contribution in [0.15, 0.2) is 29.2 Å². The third-order valence-corrected chi connectivity index (χ3v) is 2.12. The Hall–Kier alpha value is -1.76. The first kappa shape index (κ1) is 13.3. The number of thiol groups is 1. The summed E-state index contributed by atoms with van der Waals surface area (Å²) in [6, 6.07) is 6.42. The van der Waals surface area contributed by atoms with Crippen molar-refractivity contribution in [2.24, 2.45) is 0 Å². The number of nitrogens with zero attached hydrogens (tertiary/aromatic N) is 1. The maximum Gasteiger partial charge on any atom is 0.338 e. The van der Waals surface area contributed by atoms with Gasteiger partial charge in [0.15, 0.2) is 0 Å². The number of ether oxygens (including phenoxy) is 1. The van der Waals surface area contributed by atoms with Gasteiger partial charge in [-0.2, -0.15) is 0 Å². The van der Waals surface area contributed by atoms with Crippen LogP contribution in [0.3, 0.4) is 0 Å². The number of rotatable bonds is 5. The molecule has 6 nitrogen and oxygen atoms in total. The standard InChI is InChI=1S/C10H11NO5S/c1-7(6-15-11(13)14)16-10(12)8-2-4-9(17)5-3-8/h2-5,7,17H,6H2,1H3. The lowest BCUT2D eigenvalue weighted by Gasteiger charge is -2.11. The van der Waals surface area contributed by atoms with Gasteiger partial charge in [-0.1, -0.05) is 0 Å². The van der Waals surface area contributed by atoms with Crippen LogP contribution in [0.1, 0.15) is 17.3 Å². The van der Waals surface area contributed by atoms with E-state index in [4.69, 9.17) is 4.74 Å². The highest BCUT2D eigenvalue weighted by molar-refractivity contribution is 7.80. The molecule has 0 saturated carbocycles. The predicted octanol–water partition coefficient (Wildman–Crippen LogP) is 1.73. The highest BCUT2D eigenvalue weighted by Gasteiger charge is 2.13. The summed E-state index contributed by atoms with van der Waals surface area (Å²) >= 11 is 4.08. The molecule has 0 aliphatic heterocycles. The van der Waals surface area contributed by atoms with Gasteiger partial charge >= 0.3 is 5.97 Å². The van der Waals surface area contributed by atoms with Crippen molar-refractivity contribution in [1.82, 2.24) is 0 Å². The fourth-order valence-electron chi connectivity index (χ4n) is 1.05. The summed E-state index contributed by atoms with van der Waals surface area (Å²) in [4.78, 5) is 26.3. The topological polar surface area (TPSA) is 78.7 Å². The molecule has 1 atom stereocenters. The second-order valence-electron chi connectivity index (χ2n) is 3.28. The number of hydrogen-bond acceptors (Lipinski definition) is 6. The van der Waals surface area contributed by atoms with Gasteiger partial charge in [0.2, 0.25) is 0 Å². The van der Waals surface area contributed by atoms with Gasteiger partial charge in [-0.3, -0.25) is 0 Å². The van der Waals surface area contributed by atoms with Crippen molar-refractivity contribution in [2.75, 3.05) is 6.61 Å². The van der Waals surface area contributed by atoms with Gasteiger partial charge in [0, 0.05) is 4.90 Å². The summed E-state index contributed by atoms with van der Waals surface area (Å²) in [5.74, 6) is -0.558. The summed E-state index contributed by atoms with van der Waals surface area (Å²) in [7, 11) is 0. The van der Waals surface area contributed by atoms with Crippen LogP contribution in [0.25, 0.3) is 0 Å². The maximum absolute atomic E-state index is 11.5. The van der Waals surface area contributed by atoms with Crippen LogP contribution in [-0.4, -0.2) is 23.8 Å². The number of carbonyl (C=O) groups is 1. The molecule has 0 aliphatic carbocycles. The molecule has 0 spiro atoms. The van der Waals surface area contributed by atoms with Crippen molar-refractivity contribution in [1.29, 1.82) is 0 Å². The van der Waals surface area contributed by atoms with E-state index in [2.05, 4.69) is 17.5 Å². The average molecular weight is 257 g/mol. The zero-order chi connectivity index (χ0) is 12.8. The van der Waals surface area contributed by atoms with Crippen LogP contribution in [0.4, 0.5) is 0 Å². The van der Waals surface area contributed by atoms with E-state index in [1.54, 1.807) is 24.3 Å². The largest absolute Gasteiger partial charge is 0.457 e. The molecule has 0 radical (unpaired) electrons. The monoisotopic (exact) mass is 257 g/mol. The SMILES string of the molecule is CC(CO[N+](=O)[O-])OC(=O)c1ccc(S)cc1. The zero-order valence-electron chi connectivity index (χ0n) is 9.03. The first-order valence-electron chi connectivity index (χ1n) is 4.76. The van der Waals surface area contributed by atoms with Crippen LogP contribution < -0.4 is 0 Å². The summed E-state index contributed by atoms with van der Waals surface area (Å²) in [5, 5.41) is 9.00. The Morgan fingerprint density at radius 1 is 1.47 bits per heavy atom. The van der Waals surface area contributed by atoms with Crippen LogP contribution >= 0.6 is 12.6 Å². The van der Waals surface area contributed by atoms with E-state index in [9.17, 15) is 14.9 Å². The molecular weight excluding hydrogens is 246 g/mol. The summed E-state index contributed by atoms with van der Waals surface area (Å²) in [6.45, 7) is 1.22. The van der Waals surface area contributed by atoms with Gasteiger partial charge < -0.3 is 9.57 Å². The minimum absolute atomic E-state index is 0.288. The second-order valence-corrected chi connectivity index (χ2v) is 3.80. The average Bonchev–Trinajstić information content (AvgIpc) is 2.27. The minimum Gasteiger partial charge on any atom is -0.457 e. The molecule has 0 amide bonds. The third-order valence-electron chi connectivity index (χ3n) is 1.83. The summed E-state index contributed by atoms with van der Waals surface area (Å²) < 4.78 is 4.93. The molecule has 0 N–H and O–H groups in total. The molecule has 0 fully saturated rings. The molecule has 0 aromatic heterocycles. The van der Waals surface area contributed by atoms with Crippen molar-refractivity contribution < 1.29 is 19.5 Å². The van der Waals surface area contributed by atoms with E-state index >= 15 is 0 Å². The zero-order valence-corrected chi connectivity index (χ0v) is 9.92. The lowest BCUT2D eigenvalue weighted by Crippen LogP contribution is -2.22. The normalized spacial score (nSPS) is 11.6. The molecule has 1 rings (SSSR count). The van der Waals surface area contributed by atoms with Crippen LogP contribution in [0, 0.1) is 10.1 Å². The van der Waals surface area contributed by atoms with E-state index in [0.29, 0.717) is 5.56 Å². The molecule has 0 saturated heterocycles. The fraction of sp³-hybridized carbons (Fsp3) is 0.300. The van der Waals surface area contributed by atoms with Crippen LogP contribution in [0.2, 0.25) is 0 Å². The molecule has 1 aromatic rings. The molecule has 7 heteroatoms. The maximum atomic E-state index is 11.5. The lowest BCUT2D eigenvalue weighted by atomic mass is 10.2. The van der Waals surface area contributed by atoms with Gasteiger partial charge in [0.1, 0.15) is 12.7 Å². The van der Waals surface area contributed by atoms with E-state index in [1.807, 2.05) is 0 Å². The highest BCUT2D eigenvalue weighted by Crippen LogP contribution is 2.09. The van der Waals surface area contributed by atoms with E-state index in [-0.39, 0.29) is 6.61 Å². The molecule has 1 aromatic carbocycles. The van der Waals surface area contributed by atoms with Gasteiger partial charge in [-0.15, -0.1) is 22.7 Å². The number of hydrogen-bond donors (Lipinski definition) is 1. The smallest absolute Gasteiger partial charge is 0.338 e. The molecule has 0 bridgehead atoms. The number of carbonyl (C=O) groups excluding carboxylic acids is 1. The Labute approximate surface area is 103 Å². The van der Waals surface area contributed by atoms with E-state index in [0.717, 1.165) is 4.90 Å². The molecule has 0 aliphatic rings. The Bertz CT molecular complexity index is 406. The van der Waals surface area contributed by atoms with Crippen molar-refractivity contribution in [2.45, 2.75) is 17.9 Å². The van der Waals surface area contributed by atoms with E-state index < -0.39 is 17.2 Å². The summed E-state index contributed by atoms with van der Waals surface area (Å²) in [5.41, 5.74) is 0.357. The Morgan fingerprint density at radius 3 is 2.59 bits per heavy atom. The third kappa shape index (κ3) is 4.73. The Balaban J connectivity index is 2.48. The minimum atomic E-state index is -0.931. The number of esters is 1. The van der Waals surface area contributed by atoms with Crippen molar-refractivity contribution in [3.63, 3.8) is 0 Å². The van der Waals surface area contributed by atoms with Gasteiger partial charge in [0.05, 0.1) is 5.56 Å². The molecule has 17 heavy (non-hydrogen) atoms. The van der Waals surface area contributed by atoms with E-state index in [1.165, 1.54) is 6.92 Å². The Kier molecular flexibility index (Phi) is 4.77. The second kappa shape index (κ2) is 6.09. The molecule has 0 heterocycles.